The van der Waals surface area contributed by atoms with Gasteiger partial charge in [-0.1, -0.05) is 17.8 Å². The average Bonchev–Trinajstić information content (AvgIpc) is 3.21. The zero-order valence-corrected chi connectivity index (χ0v) is 16.6. The van der Waals surface area contributed by atoms with Gasteiger partial charge in [0.05, 0.1) is 11.1 Å². The largest absolute Gasteiger partial charge is 0.480 e. The van der Waals surface area contributed by atoms with E-state index in [2.05, 4.69) is 20.4 Å². The van der Waals surface area contributed by atoms with Crippen molar-refractivity contribution < 1.29 is 27.9 Å². The number of carbonyl (C=O) groups is 2. The van der Waals surface area contributed by atoms with Gasteiger partial charge in [0.2, 0.25) is 0 Å². The van der Waals surface area contributed by atoms with Crippen LogP contribution in [0.3, 0.4) is 0 Å². The molecule has 1 aromatic carbocycles. The summed E-state index contributed by atoms with van der Waals surface area (Å²) in [6.45, 7) is -0.672. The van der Waals surface area contributed by atoms with E-state index in [0.29, 0.717) is 15.3 Å². The summed E-state index contributed by atoms with van der Waals surface area (Å²) < 4.78 is 40.3. The fourth-order valence-corrected chi connectivity index (χ4v) is 4.04. The predicted octanol–water partition coefficient (Wildman–Crippen LogP) is 2.56. The lowest BCUT2D eigenvalue weighted by Gasteiger charge is -2.11. The highest BCUT2D eigenvalue weighted by atomic mass is 32.2. The molecule has 0 bridgehead atoms. The number of H-pyrrole nitrogens is 1. The van der Waals surface area contributed by atoms with Crippen molar-refractivity contribution in [3.05, 3.63) is 64.2 Å². The van der Waals surface area contributed by atoms with Gasteiger partial charge in [0.15, 0.2) is 11.1 Å². The van der Waals surface area contributed by atoms with Crippen LogP contribution in [0.4, 0.5) is 13.2 Å². The quantitative estimate of drug-likeness (QED) is 0.415. The van der Waals surface area contributed by atoms with E-state index in [1.807, 2.05) is 0 Å². The highest BCUT2D eigenvalue weighted by Crippen LogP contribution is 2.36. The van der Waals surface area contributed by atoms with E-state index in [4.69, 9.17) is 5.11 Å². The Labute approximate surface area is 180 Å². The van der Waals surface area contributed by atoms with Crippen molar-refractivity contribution in [3.63, 3.8) is 0 Å². The lowest BCUT2D eigenvalue weighted by molar-refractivity contribution is -0.137. The Bertz CT molecular complexity index is 1430. The molecule has 3 heterocycles. The lowest BCUT2D eigenvalue weighted by atomic mass is 10.1. The SMILES string of the molecule is O=C(O)CNC(=O)c1c(=O)cc(Sc2ccnc3cc(C(F)(F)F)ccc23)n2[nH]cnc12. The second kappa shape index (κ2) is 8.00. The van der Waals surface area contributed by atoms with Gasteiger partial charge in [0.25, 0.3) is 5.91 Å². The van der Waals surface area contributed by atoms with E-state index in [1.165, 1.54) is 23.1 Å². The van der Waals surface area contributed by atoms with Crippen LogP contribution >= 0.6 is 11.8 Å². The van der Waals surface area contributed by atoms with E-state index in [1.54, 1.807) is 6.07 Å². The zero-order valence-electron chi connectivity index (χ0n) is 15.8. The van der Waals surface area contributed by atoms with Crippen LogP contribution in [0, 0.1) is 0 Å². The number of amides is 1. The monoisotopic (exact) mass is 463 g/mol. The molecule has 0 saturated carbocycles. The number of carboxylic acid groups (broad SMARTS) is 1. The molecular formula is C19H12F3N5O4S. The molecule has 0 spiro atoms. The van der Waals surface area contributed by atoms with E-state index < -0.39 is 35.6 Å². The number of nitrogens with zero attached hydrogens (tertiary/aromatic N) is 3. The van der Waals surface area contributed by atoms with Crippen molar-refractivity contribution in [2.45, 2.75) is 16.1 Å². The van der Waals surface area contributed by atoms with Gasteiger partial charge in [-0.05, 0) is 18.2 Å². The molecule has 0 aliphatic heterocycles. The topological polar surface area (TPSA) is 129 Å². The van der Waals surface area contributed by atoms with Crippen LogP contribution in [0.1, 0.15) is 15.9 Å². The van der Waals surface area contributed by atoms with Crippen molar-refractivity contribution in [2.24, 2.45) is 0 Å². The third kappa shape index (κ3) is 4.01. The molecule has 4 aromatic rings. The van der Waals surface area contributed by atoms with Crippen LogP contribution in [-0.4, -0.2) is 43.1 Å². The first-order valence-electron chi connectivity index (χ1n) is 8.88. The fourth-order valence-electron chi connectivity index (χ4n) is 3.00. The standard InChI is InChI=1S/C19H12F3N5O4S/c20-19(21,22)9-1-2-10-11(5-9)23-4-3-13(10)32-14-6-12(28)16(17-25-8-26-27(14)17)18(31)24-7-15(29)30/h1-6,8H,7H2,(H,24,31)(H,25,26)(H,29,30). The number of halogens is 3. The number of alkyl halides is 3. The first-order chi connectivity index (χ1) is 15.1. The number of rotatable bonds is 5. The average molecular weight is 463 g/mol. The van der Waals surface area contributed by atoms with Gasteiger partial charge < -0.3 is 10.4 Å². The number of pyridine rings is 2. The molecule has 13 heteroatoms. The number of benzene rings is 1. The molecule has 0 atom stereocenters. The zero-order chi connectivity index (χ0) is 23.0. The maximum absolute atomic E-state index is 13.0. The number of carbonyl (C=O) groups excluding carboxylic acids is 1. The number of aliphatic carboxylic acids is 1. The molecule has 32 heavy (non-hydrogen) atoms. The van der Waals surface area contributed by atoms with Gasteiger partial charge >= 0.3 is 12.1 Å². The van der Waals surface area contributed by atoms with Crippen LogP contribution in [0.2, 0.25) is 0 Å². The van der Waals surface area contributed by atoms with Crippen LogP contribution < -0.4 is 10.7 Å². The first-order valence-corrected chi connectivity index (χ1v) is 9.70. The summed E-state index contributed by atoms with van der Waals surface area (Å²) in [5.41, 5.74) is -1.77. The summed E-state index contributed by atoms with van der Waals surface area (Å²) in [4.78, 5) is 44.1. The Balaban J connectivity index is 1.76. The van der Waals surface area contributed by atoms with E-state index in [-0.39, 0.29) is 16.7 Å². The molecule has 0 saturated heterocycles. The molecule has 164 valence electrons. The summed E-state index contributed by atoms with van der Waals surface area (Å²) in [7, 11) is 0. The van der Waals surface area contributed by atoms with Crippen molar-refractivity contribution in [3.8, 4) is 0 Å². The number of nitrogens with one attached hydrogen (secondary N) is 2. The molecule has 0 aliphatic carbocycles. The minimum atomic E-state index is -4.51. The molecule has 9 nitrogen and oxygen atoms in total. The Hall–Kier alpha value is -3.87. The normalized spacial score (nSPS) is 11.7. The Kier molecular flexibility index (Phi) is 5.34. The van der Waals surface area contributed by atoms with Crippen molar-refractivity contribution in [1.82, 2.24) is 24.9 Å². The van der Waals surface area contributed by atoms with E-state index in [0.717, 1.165) is 30.0 Å². The summed E-state index contributed by atoms with van der Waals surface area (Å²) >= 11 is 1.06. The Morgan fingerprint density at radius 2 is 1.97 bits per heavy atom. The van der Waals surface area contributed by atoms with Crippen LogP contribution in [0.15, 0.2) is 57.6 Å². The highest BCUT2D eigenvalue weighted by Gasteiger charge is 2.30. The maximum Gasteiger partial charge on any atom is 0.416 e. The summed E-state index contributed by atoms with van der Waals surface area (Å²) in [5.74, 6) is -2.17. The molecule has 0 unspecified atom stereocenters. The van der Waals surface area contributed by atoms with Gasteiger partial charge in [-0.3, -0.25) is 24.5 Å². The summed E-state index contributed by atoms with van der Waals surface area (Å²) in [6, 6.07) is 5.92. The number of hydrogen-bond donors (Lipinski definition) is 3. The summed E-state index contributed by atoms with van der Waals surface area (Å²) in [6.07, 6.45) is -1.91. The van der Waals surface area contributed by atoms with Crippen LogP contribution in [0.25, 0.3) is 16.6 Å². The van der Waals surface area contributed by atoms with E-state index in [9.17, 15) is 27.6 Å². The van der Waals surface area contributed by atoms with Gasteiger partial charge in [0, 0.05) is 22.5 Å². The Morgan fingerprint density at radius 3 is 2.69 bits per heavy atom. The predicted molar refractivity (Wildman–Crippen MR) is 107 cm³/mol. The van der Waals surface area contributed by atoms with Crippen LogP contribution in [0.5, 0.6) is 0 Å². The summed E-state index contributed by atoms with van der Waals surface area (Å²) in [5, 5.41) is 14.3. The number of aromatic nitrogens is 4. The molecule has 0 aliphatic rings. The van der Waals surface area contributed by atoms with Gasteiger partial charge in [-0.15, -0.1) is 0 Å². The lowest BCUT2D eigenvalue weighted by Crippen LogP contribution is -2.33. The number of aromatic amines is 1. The number of carboxylic acids is 1. The van der Waals surface area contributed by atoms with Gasteiger partial charge in [-0.2, -0.15) is 13.2 Å². The van der Waals surface area contributed by atoms with Crippen molar-refractivity contribution >= 4 is 40.2 Å². The van der Waals surface area contributed by atoms with Crippen molar-refractivity contribution in [2.75, 3.05) is 6.54 Å². The highest BCUT2D eigenvalue weighted by molar-refractivity contribution is 7.99. The Morgan fingerprint density at radius 1 is 1.19 bits per heavy atom. The minimum Gasteiger partial charge on any atom is -0.480 e. The van der Waals surface area contributed by atoms with Crippen molar-refractivity contribution in [1.29, 1.82) is 0 Å². The van der Waals surface area contributed by atoms with Gasteiger partial charge in [-0.25, -0.2) is 9.50 Å². The molecule has 3 aromatic heterocycles. The molecule has 0 radical (unpaired) electrons. The first kappa shape index (κ1) is 21.4. The second-order valence-corrected chi connectivity index (χ2v) is 7.55. The molecule has 1 amide bonds. The van der Waals surface area contributed by atoms with Crippen LogP contribution in [-0.2, 0) is 11.0 Å². The second-order valence-electron chi connectivity index (χ2n) is 6.49. The molecule has 4 rings (SSSR count). The third-order valence-corrected chi connectivity index (χ3v) is 5.49. The maximum atomic E-state index is 13.0. The smallest absolute Gasteiger partial charge is 0.416 e. The number of hydrogen-bond acceptors (Lipinski definition) is 6. The van der Waals surface area contributed by atoms with Gasteiger partial charge in [0.1, 0.15) is 23.5 Å². The number of fused-ring (bicyclic) bond motifs is 2. The fraction of sp³-hybridized carbons (Fsp3) is 0.105. The molecular weight excluding hydrogens is 451 g/mol. The minimum absolute atomic E-state index is 0.0272. The third-order valence-electron chi connectivity index (χ3n) is 4.40. The molecule has 3 N–H and O–H groups in total. The molecule has 0 fully saturated rings. The van der Waals surface area contributed by atoms with E-state index >= 15 is 0 Å².